The van der Waals surface area contributed by atoms with Crippen molar-refractivity contribution in [3.05, 3.63) is 23.2 Å². The Morgan fingerprint density at radius 3 is 2.58 bits per heavy atom. The van der Waals surface area contributed by atoms with E-state index in [-0.39, 0.29) is 22.6 Å². The molecule has 104 valence electrons. The Hall–Kier alpha value is -1.78. The molecule has 0 radical (unpaired) electrons. The molecule has 0 saturated heterocycles. The summed E-state index contributed by atoms with van der Waals surface area (Å²) >= 11 is 0. The minimum absolute atomic E-state index is 0.0718. The van der Waals surface area contributed by atoms with Crippen LogP contribution in [0, 0.1) is 5.41 Å². The van der Waals surface area contributed by atoms with Crippen LogP contribution in [0.1, 0.15) is 59.8 Å². The van der Waals surface area contributed by atoms with Crippen molar-refractivity contribution < 1.29 is 19.1 Å². The molecule has 19 heavy (non-hydrogen) atoms. The van der Waals surface area contributed by atoms with E-state index in [1.54, 1.807) is 6.92 Å². The Morgan fingerprint density at radius 1 is 1.47 bits per heavy atom. The standard InChI is InChI=1S/C14H19NO4/c1-3-10-9(13(17)18)7-11(19-10)12(16)15-8-14(2)5-4-6-14/h7H,3-6,8H2,1-2H3,(H,15,16)(H,17,18). The van der Waals surface area contributed by atoms with Gasteiger partial charge in [-0.1, -0.05) is 20.3 Å². The van der Waals surface area contributed by atoms with Gasteiger partial charge in [-0.25, -0.2) is 4.79 Å². The summed E-state index contributed by atoms with van der Waals surface area (Å²) in [7, 11) is 0. The molecule has 1 fully saturated rings. The maximum atomic E-state index is 11.9. The van der Waals surface area contributed by atoms with E-state index in [9.17, 15) is 9.59 Å². The monoisotopic (exact) mass is 265 g/mol. The predicted octanol–water partition coefficient (Wildman–Crippen LogP) is 2.46. The van der Waals surface area contributed by atoms with E-state index >= 15 is 0 Å². The maximum absolute atomic E-state index is 11.9. The zero-order valence-corrected chi connectivity index (χ0v) is 11.3. The fourth-order valence-electron chi connectivity index (χ4n) is 2.32. The lowest BCUT2D eigenvalue weighted by atomic mass is 9.70. The predicted molar refractivity (Wildman–Crippen MR) is 69.3 cm³/mol. The molecule has 0 unspecified atom stereocenters. The van der Waals surface area contributed by atoms with Gasteiger partial charge in [0.1, 0.15) is 11.3 Å². The number of carbonyl (C=O) groups excluding carboxylic acids is 1. The first-order valence-electron chi connectivity index (χ1n) is 6.59. The Labute approximate surface area is 112 Å². The lowest BCUT2D eigenvalue weighted by molar-refractivity contribution is 0.0694. The first-order chi connectivity index (χ1) is 8.95. The molecule has 2 N–H and O–H groups in total. The highest BCUT2D eigenvalue weighted by atomic mass is 16.4. The van der Waals surface area contributed by atoms with E-state index in [2.05, 4.69) is 12.2 Å². The third kappa shape index (κ3) is 2.80. The van der Waals surface area contributed by atoms with Crippen LogP contribution in [-0.4, -0.2) is 23.5 Å². The van der Waals surface area contributed by atoms with Crippen LogP contribution >= 0.6 is 0 Å². The number of nitrogens with one attached hydrogen (secondary N) is 1. The van der Waals surface area contributed by atoms with Crippen molar-refractivity contribution >= 4 is 11.9 Å². The van der Waals surface area contributed by atoms with Gasteiger partial charge < -0.3 is 14.8 Å². The number of aromatic carboxylic acids is 1. The van der Waals surface area contributed by atoms with Gasteiger partial charge in [0.2, 0.25) is 0 Å². The molecule has 0 bridgehead atoms. The molecule has 0 aliphatic heterocycles. The molecule has 1 aliphatic carbocycles. The van der Waals surface area contributed by atoms with E-state index in [1.807, 2.05) is 0 Å². The molecule has 5 heteroatoms. The number of aryl methyl sites for hydroxylation is 1. The first kappa shape index (κ1) is 13.6. The highest BCUT2D eigenvalue weighted by Gasteiger charge is 2.32. The first-order valence-corrected chi connectivity index (χ1v) is 6.59. The Morgan fingerprint density at radius 2 is 2.16 bits per heavy atom. The molecule has 1 aromatic rings. The van der Waals surface area contributed by atoms with Gasteiger partial charge in [-0.15, -0.1) is 0 Å². The van der Waals surface area contributed by atoms with Gasteiger partial charge in [0.05, 0.1) is 0 Å². The molecular weight excluding hydrogens is 246 g/mol. The number of hydrogen-bond donors (Lipinski definition) is 2. The summed E-state index contributed by atoms with van der Waals surface area (Å²) in [6.07, 6.45) is 3.89. The highest BCUT2D eigenvalue weighted by Crippen LogP contribution is 2.39. The fourth-order valence-corrected chi connectivity index (χ4v) is 2.32. The Balaban J connectivity index is 2.04. The van der Waals surface area contributed by atoms with Crippen LogP contribution in [0.25, 0.3) is 0 Å². The van der Waals surface area contributed by atoms with Gasteiger partial charge in [0, 0.05) is 19.0 Å². The van der Waals surface area contributed by atoms with Crippen LogP contribution in [0.2, 0.25) is 0 Å². The van der Waals surface area contributed by atoms with Gasteiger partial charge in [-0.05, 0) is 18.3 Å². The molecule has 0 aromatic carbocycles. The summed E-state index contributed by atoms with van der Waals surface area (Å²) in [4.78, 5) is 22.9. The molecule has 0 spiro atoms. The smallest absolute Gasteiger partial charge is 0.339 e. The quantitative estimate of drug-likeness (QED) is 0.857. The van der Waals surface area contributed by atoms with Crippen molar-refractivity contribution in [1.29, 1.82) is 0 Å². The van der Waals surface area contributed by atoms with E-state index in [0.717, 1.165) is 12.8 Å². The second kappa shape index (κ2) is 5.07. The fraction of sp³-hybridized carbons (Fsp3) is 0.571. The summed E-state index contributed by atoms with van der Waals surface area (Å²) in [5, 5.41) is 11.8. The van der Waals surface area contributed by atoms with Crippen molar-refractivity contribution in [1.82, 2.24) is 5.32 Å². The zero-order valence-electron chi connectivity index (χ0n) is 11.3. The molecule has 1 saturated carbocycles. The summed E-state index contributed by atoms with van der Waals surface area (Å²) in [5.41, 5.74) is 0.258. The molecule has 1 aromatic heterocycles. The van der Waals surface area contributed by atoms with Gasteiger partial charge in [0.15, 0.2) is 5.76 Å². The molecule has 5 nitrogen and oxygen atoms in total. The lowest BCUT2D eigenvalue weighted by Gasteiger charge is -2.38. The third-order valence-electron chi connectivity index (χ3n) is 3.82. The van der Waals surface area contributed by atoms with Crippen LogP contribution in [0.3, 0.4) is 0 Å². The van der Waals surface area contributed by atoms with Gasteiger partial charge in [-0.2, -0.15) is 0 Å². The molecule has 1 amide bonds. The van der Waals surface area contributed by atoms with Gasteiger partial charge in [-0.3, -0.25) is 4.79 Å². The lowest BCUT2D eigenvalue weighted by Crippen LogP contribution is -2.39. The molecule has 2 rings (SSSR count). The van der Waals surface area contributed by atoms with Crippen LogP contribution in [0.5, 0.6) is 0 Å². The average molecular weight is 265 g/mol. The number of hydrogen-bond acceptors (Lipinski definition) is 3. The van der Waals surface area contributed by atoms with Crippen molar-refractivity contribution in [3.8, 4) is 0 Å². The van der Waals surface area contributed by atoms with E-state index in [1.165, 1.54) is 12.5 Å². The molecule has 0 atom stereocenters. The minimum Gasteiger partial charge on any atom is -0.478 e. The van der Waals surface area contributed by atoms with E-state index in [0.29, 0.717) is 18.7 Å². The van der Waals surface area contributed by atoms with Crippen LogP contribution < -0.4 is 5.32 Å². The third-order valence-corrected chi connectivity index (χ3v) is 3.82. The SMILES string of the molecule is CCc1oc(C(=O)NCC2(C)CCC2)cc1C(=O)O. The molecule has 1 aliphatic rings. The normalized spacial score (nSPS) is 16.7. The minimum atomic E-state index is -1.06. The number of carboxylic acid groups (broad SMARTS) is 1. The molecule has 1 heterocycles. The second-order valence-corrected chi connectivity index (χ2v) is 5.45. The topological polar surface area (TPSA) is 79.5 Å². The van der Waals surface area contributed by atoms with Crippen molar-refractivity contribution in [3.63, 3.8) is 0 Å². The second-order valence-electron chi connectivity index (χ2n) is 5.45. The summed E-state index contributed by atoms with van der Waals surface area (Å²) in [5.74, 6) is -0.981. The molecular formula is C14H19NO4. The number of rotatable bonds is 5. The van der Waals surface area contributed by atoms with E-state index < -0.39 is 5.97 Å². The van der Waals surface area contributed by atoms with Crippen LogP contribution in [-0.2, 0) is 6.42 Å². The van der Waals surface area contributed by atoms with Gasteiger partial charge >= 0.3 is 5.97 Å². The van der Waals surface area contributed by atoms with Crippen molar-refractivity contribution in [2.24, 2.45) is 5.41 Å². The number of amides is 1. The summed E-state index contributed by atoms with van der Waals surface area (Å²) in [6, 6.07) is 1.31. The van der Waals surface area contributed by atoms with Gasteiger partial charge in [0.25, 0.3) is 5.91 Å². The largest absolute Gasteiger partial charge is 0.478 e. The zero-order chi connectivity index (χ0) is 14.0. The highest BCUT2D eigenvalue weighted by molar-refractivity contribution is 5.96. The van der Waals surface area contributed by atoms with Crippen molar-refractivity contribution in [2.75, 3.05) is 6.54 Å². The average Bonchev–Trinajstić information content (AvgIpc) is 2.77. The Bertz CT molecular complexity index is 500. The summed E-state index contributed by atoms with van der Waals surface area (Å²) < 4.78 is 5.31. The summed E-state index contributed by atoms with van der Waals surface area (Å²) in [6.45, 7) is 4.54. The maximum Gasteiger partial charge on any atom is 0.339 e. The number of furan rings is 1. The number of carbonyl (C=O) groups is 2. The Kier molecular flexibility index (Phi) is 3.64. The van der Waals surface area contributed by atoms with Crippen molar-refractivity contribution in [2.45, 2.75) is 39.5 Å². The van der Waals surface area contributed by atoms with Crippen LogP contribution in [0.4, 0.5) is 0 Å². The van der Waals surface area contributed by atoms with Crippen LogP contribution in [0.15, 0.2) is 10.5 Å². The number of carboxylic acids is 1. The van der Waals surface area contributed by atoms with E-state index in [4.69, 9.17) is 9.52 Å².